The molecule has 1 amide bonds. The monoisotopic (exact) mass is 401 g/mol. The number of piperazine rings is 1. The maximum Gasteiger partial charge on any atom is 0.236 e. The van der Waals surface area contributed by atoms with E-state index in [9.17, 15) is 9.18 Å². The second-order valence-corrected chi connectivity index (χ2v) is 8.55. The van der Waals surface area contributed by atoms with E-state index in [2.05, 4.69) is 14.8 Å². The first-order chi connectivity index (χ1) is 14.1. The van der Waals surface area contributed by atoms with E-state index in [4.69, 9.17) is 9.72 Å². The minimum atomic E-state index is -0.234. The fraction of sp³-hybridized carbons (Fsp3) is 0.619. The molecule has 0 radical (unpaired) electrons. The molecule has 29 heavy (non-hydrogen) atoms. The fourth-order valence-electron chi connectivity index (χ4n) is 5.12. The van der Waals surface area contributed by atoms with Gasteiger partial charge in [-0.1, -0.05) is 0 Å². The summed E-state index contributed by atoms with van der Waals surface area (Å²) in [7, 11) is 0. The van der Waals surface area contributed by atoms with Crippen LogP contribution < -0.4 is 0 Å². The Balaban J connectivity index is 1.23. The van der Waals surface area contributed by atoms with Crippen LogP contribution in [0.2, 0.25) is 0 Å². The van der Waals surface area contributed by atoms with Gasteiger partial charge in [-0.25, -0.2) is 9.37 Å². The lowest BCUT2D eigenvalue weighted by Crippen LogP contribution is -2.56. The molecule has 5 rings (SSSR count). The first kappa shape index (κ1) is 19.0. The van der Waals surface area contributed by atoms with E-state index in [-0.39, 0.29) is 11.7 Å². The summed E-state index contributed by atoms with van der Waals surface area (Å²) >= 11 is 0. The van der Waals surface area contributed by atoms with Crippen LogP contribution in [0.3, 0.4) is 0 Å². The third-order valence-corrected chi connectivity index (χ3v) is 6.56. The average Bonchev–Trinajstić information content (AvgIpc) is 3.19. The van der Waals surface area contributed by atoms with E-state index in [1.54, 1.807) is 0 Å². The van der Waals surface area contributed by atoms with Crippen LogP contribution in [0.15, 0.2) is 12.1 Å². The molecule has 3 aliphatic heterocycles. The zero-order valence-corrected chi connectivity index (χ0v) is 16.9. The normalized spacial score (nSPS) is 25.8. The van der Waals surface area contributed by atoms with Gasteiger partial charge in [-0.3, -0.25) is 14.6 Å². The van der Waals surface area contributed by atoms with Crippen molar-refractivity contribution in [2.75, 3.05) is 45.9 Å². The zero-order valence-electron chi connectivity index (χ0n) is 16.9. The Kier molecular flexibility index (Phi) is 5.01. The van der Waals surface area contributed by atoms with E-state index < -0.39 is 0 Å². The van der Waals surface area contributed by atoms with E-state index in [1.807, 2.05) is 11.8 Å². The second kappa shape index (κ2) is 7.66. The topological polar surface area (TPSA) is 64.7 Å². The summed E-state index contributed by atoms with van der Waals surface area (Å²) in [6, 6.07) is 3.87. The first-order valence-corrected chi connectivity index (χ1v) is 10.5. The summed E-state index contributed by atoms with van der Waals surface area (Å²) < 4.78 is 19.0. The number of nitrogens with zero attached hydrogens (tertiary/aromatic N) is 4. The second-order valence-electron chi connectivity index (χ2n) is 8.55. The van der Waals surface area contributed by atoms with Crippen molar-refractivity contribution >= 4 is 16.9 Å². The van der Waals surface area contributed by atoms with Crippen molar-refractivity contribution in [1.29, 1.82) is 0 Å². The van der Waals surface area contributed by atoms with Gasteiger partial charge in [0.05, 0.1) is 37.3 Å². The van der Waals surface area contributed by atoms with Crippen LogP contribution in [0.1, 0.15) is 24.2 Å². The molecule has 2 bridgehead atoms. The summed E-state index contributed by atoms with van der Waals surface area (Å²) in [4.78, 5) is 27.4. The number of hydrogen-bond donors (Lipinski definition) is 1. The predicted molar refractivity (Wildman–Crippen MR) is 107 cm³/mol. The molecule has 8 heteroatoms. The fourth-order valence-corrected chi connectivity index (χ4v) is 5.12. The molecule has 156 valence electrons. The van der Waals surface area contributed by atoms with Crippen LogP contribution in [0.4, 0.5) is 4.39 Å². The van der Waals surface area contributed by atoms with Gasteiger partial charge in [-0.05, 0) is 37.5 Å². The van der Waals surface area contributed by atoms with Gasteiger partial charge in [-0.15, -0.1) is 0 Å². The third kappa shape index (κ3) is 3.76. The predicted octanol–water partition coefficient (Wildman–Crippen LogP) is 1.52. The molecule has 4 heterocycles. The molecule has 1 aromatic carbocycles. The number of carbonyl (C=O) groups excluding carboxylic acids is 1. The number of fused-ring (bicyclic) bond motifs is 3. The molecule has 2 unspecified atom stereocenters. The maximum atomic E-state index is 13.7. The smallest absolute Gasteiger partial charge is 0.236 e. The Hall–Kier alpha value is -2.03. The van der Waals surface area contributed by atoms with Gasteiger partial charge in [0.2, 0.25) is 5.91 Å². The highest BCUT2D eigenvalue weighted by molar-refractivity contribution is 5.79. The van der Waals surface area contributed by atoms with E-state index >= 15 is 0 Å². The summed E-state index contributed by atoms with van der Waals surface area (Å²) in [5.41, 5.74) is 2.46. The molecular formula is C21H28FN5O2. The molecular weight excluding hydrogens is 373 g/mol. The minimum absolute atomic E-state index is 0.230. The SMILES string of the molecule is Cc1cc(F)cc2[nH]c(CN3CC4CCC(C3)N4CC(=O)N3CCOCC3)nc12. The van der Waals surface area contributed by atoms with Crippen molar-refractivity contribution < 1.29 is 13.9 Å². The largest absolute Gasteiger partial charge is 0.378 e. The van der Waals surface area contributed by atoms with Crippen molar-refractivity contribution in [3.63, 3.8) is 0 Å². The molecule has 0 spiro atoms. The number of H-pyrrole nitrogens is 1. The zero-order chi connectivity index (χ0) is 20.0. The Morgan fingerprint density at radius 3 is 2.69 bits per heavy atom. The molecule has 2 atom stereocenters. The summed E-state index contributed by atoms with van der Waals surface area (Å²) in [6.07, 6.45) is 2.28. The van der Waals surface area contributed by atoms with Crippen LogP contribution in [0.25, 0.3) is 11.0 Å². The van der Waals surface area contributed by atoms with Gasteiger partial charge >= 0.3 is 0 Å². The number of carbonyl (C=O) groups is 1. The highest BCUT2D eigenvalue weighted by Gasteiger charge is 2.41. The number of aromatic nitrogens is 2. The number of aromatic amines is 1. The number of likely N-dealkylation sites (tertiary alicyclic amines) is 1. The number of rotatable bonds is 4. The van der Waals surface area contributed by atoms with Crippen LogP contribution in [0.5, 0.6) is 0 Å². The number of nitrogens with one attached hydrogen (secondary N) is 1. The van der Waals surface area contributed by atoms with Crippen LogP contribution in [-0.4, -0.2) is 88.6 Å². The lowest BCUT2D eigenvalue weighted by atomic mass is 10.2. The molecule has 0 saturated carbocycles. The molecule has 3 saturated heterocycles. The summed E-state index contributed by atoms with van der Waals surface area (Å²) in [5, 5.41) is 0. The number of ether oxygens (including phenoxy) is 1. The molecule has 1 aromatic heterocycles. The molecule has 2 aromatic rings. The molecule has 3 fully saturated rings. The maximum absolute atomic E-state index is 13.7. The summed E-state index contributed by atoms with van der Waals surface area (Å²) in [6.45, 7) is 7.73. The van der Waals surface area contributed by atoms with Gasteiger partial charge in [0.25, 0.3) is 0 Å². The van der Waals surface area contributed by atoms with Crippen molar-refractivity contribution in [2.45, 2.75) is 38.4 Å². The van der Waals surface area contributed by atoms with Crippen molar-refractivity contribution in [1.82, 2.24) is 24.7 Å². The van der Waals surface area contributed by atoms with E-state index in [1.165, 1.54) is 12.1 Å². The molecule has 0 aliphatic carbocycles. The van der Waals surface area contributed by atoms with Crippen molar-refractivity contribution in [2.24, 2.45) is 0 Å². The number of halogens is 1. The third-order valence-electron chi connectivity index (χ3n) is 6.56. The average molecular weight is 401 g/mol. The Labute approximate surface area is 169 Å². The Bertz CT molecular complexity index is 896. The highest BCUT2D eigenvalue weighted by atomic mass is 19.1. The first-order valence-electron chi connectivity index (χ1n) is 10.5. The minimum Gasteiger partial charge on any atom is -0.378 e. The molecule has 1 N–H and O–H groups in total. The number of morpholine rings is 1. The number of hydrogen-bond acceptors (Lipinski definition) is 5. The van der Waals surface area contributed by atoms with Gasteiger partial charge in [0.1, 0.15) is 11.6 Å². The van der Waals surface area contributed by atoms with Crippen molar-refractivity contribution in [3.05, 3.63) is 29.3 Å². The quantitative estimate of drug-likeness (QED) is 0.842. The number of benzene rings is 1. The van der Waals surface area contributed by atoms with Gasteiger partial charge in [-0.2, -0.15) is 0 Å². The standard InChI is InChI=1S/C21H28FN5O2/c1-14-8-15(22)9-18-21(14)24-19(23-18)12-25-10-16-2-3-17(11-25)27(16)13-20(28)26-4-6-29-7-5-26/h8-9,16-17H,2-7,10-13H2,1H3,(H,23,24). The van der Waals surface area contributed by atoms with Crippen molar-refractivity contribution in [3.8, 4) is 0 Å². The Morgan fingerprint density at radius 2 is 1.97 bits per heavy atom. The number of imidazole rings is 1. The number of amides is 1. The van der Waals surface area contributed by atoms with Gasteiger partial charge < -0.3 is 14.6 Å². The van der Waals surface area contributed by atoms with E-state index in [0.717, 1.165) is 54.9 Å². The number of aryl methyl sites for hydroxylation is 1. The Morgan fingerprint density at radius 1 is 1.24 bits per heavy atom. The lowest BCUT2D eigenvalue weighted by Gasteiger charge is -2.41. The lowest BCUT2D eigenvalue weighted by molar-refractivity contribution is -0.138. The van der Waals surface area contributed by atoms with Crippen LogP contribution in [-0.2, 0) is 16.1 Å². The van der Waals surface area contributed by atoms with Crippen LogP contribution in [0, 0.1) is 12.7 Å². The van der Waals surface area contributed by atoms with Gasteiger partial charge in [0, 0.05) is 38.3 Å². The summed E-state index contributed by atoms with van der Waals surface area (Å²) in [5.74, 6) is 0.876. The van der Waals surface area contributed by atoms with E-state index in [0.29, 0.717) is 44.9 Å². The molecule has 7 nitrogen and oxygen atoms in total. The van der Waals surface area contributed by atoms with Gasteiger partial charge in [0.15, 0.2) is 0 Å². The molecule has 3 aliphatic rings. The van der Waals surface area contributed by atoms with Crippen LogP contribution >= 0.6 is 0 Å². The highest BCUT2D eigenvalue weighted by Crippen LogP contribution is 2.31.